The van der Waals surface area contributed by atoms with Crippen molar-refractivity contribution >= 4 is 23.5 Å². The molecule has 114 valence electrons. The van der Waals surface area contributed by atoms with Crippen LogP contribution in [0.4, 0.5) is 5.69 Å². The molecule has 0 saturated carbocycles. The van der Waals surface area contributed by atoms with E-state index in [1.54, 1.807) is 6.92 Å². The van der Waals surface area contributed by atoms with Crippen LogP contribution in [0, 0.1) is 0 Å². The van der Waals surface area contributed by atoms with Gasteiger partial charge in [-0.05, 0) is 31.2 Å². The quantitative estimate of drug-likeness (QED) is 0.611. The van der Waals surface area contributed by atoms with Gasteiger partial charge in [0.15, 0.2) is 0 Å². The predicted molar refractivity (Wildman–Crippen MR) is 75.9 cm³/mol. The number of hydrogen-bond donors (Lipinski definition) is 2. The summed E-state index contributed by atoms with van der Waals surface area (Å²) >= 11 is 0. The Balaban J connectivity index is 2.58. The molecule has 1 aromatic carbocycles. The van der Waals surface area contributed by atoms with Crippen molar-refractivity contribution in [3.8, 4) is 0 Å². The lowest BCUT2D eigenvalue weighted by molar-refractivity contribution is -0.136. The lowest BCUT2D eigenvalue weighted by Crippen LogP contribution is -2.42. The molecule has 0 bridgehead atoms. The number of carbonyl (C=O) groups is 3. The summed E-state index contributed by atoms with van der Waals surface area (Å²) in [5.41, 5.74) is 0.760. The first kappa shape index (κ1) is 16.6. The summed E-state index contributed by atoms with van der Waals surface area (Å²) in [5.74, 6) is -2.01. The molecule has 0 aliphatic heterocycles. The summed E-state index contributed by atoms with van der Waals surface area (Å²) in [7, 11) is 2.79. The minimum absolute atomic E-state index is 0.269. The van der Waals surface area contributed by atoms with Crippen molar-refractivity contribution in [2.45, 2.75) is 13.0 Å². The zero-order valence-electron chi connectivity index (χ0n) is 12.1. The second-order valence-corrected chi connectivity index (χ2v) is 4.35. The van der Waals surface area contributed by atoms with Crippen LogP contribution in [0.3, 0.4) is 0 Å². The van der Waals surface area contributed by atoms with Crippen molar-refractivity contribution in [2.24, 2.45) is 0 Å². The molecular formula is C14H18N2O5. The molecule has 1 atom stereocenters. The average molecular weight is 294 g/mol. The van der Waals surface area contributed by atoms with E-state index >= 15 is 0 Å². The van der Waals surface area contributed by atoms with E-state index in [1.165, 1.54) is 38.5 Å². The molecule has 21 heavy (non-hydrogen) atoms. The van der Waals surface area contributed by atoms with Crippen molar-refractivity contribution in [3.05, 3.63) is 29.8 Å². The standard InChI is InChI=1S/C14H18N2O5/c1-9(8-20-2)15-12(17)13(18)16-11-6-4-10(5-7-11)14(19)21-3/h4-7,9H,8H2,1-3H3,(H,15,17)(H,16,18). The molecule has 1 unspecified atom stereocenters. The van der Waals surface area contributed by atoms with Crippen LogP contribution in [0.2, 0.25) is 0 Å². The van der Waals surface area contributed by atoms with Crippen molar-refractivity contribution in [1.29, 1.82) is 0 Å². The maximum absolute atomic E-state index is 11.7. The van der Waals surface area contributed by atoms with Gasteiger partial charge in [-0.2, -0.15) is 0 Å². The minimum Gasteiger partial charge on any atom is -0.465 e. The zero-order valence-corrected chi connectivity index (χ0v) is 12.1. The van der Waals surface area contributed by atoms with E-state index in [4.69, 9.17) is 4.74 Å². The Hall–Kier alpha value is -2.41. The van der Waals surface area contributed by atoms with E-state index in [-0.39, 0.29) is 6.04 Å². The molecule has 7 nitrogen and oxygen atoms in total. The van der Waals surface area contributed by atoms with E-state index in [1.807, 2.05) is 0 Å². The molecule has 0 heterocycles. The van der Waals surface area contributed by atoms with E-state index in [9.17, 15) is 14.4 Å². The monoisotopic (exact) mass is 294 g/mol. The third-order valence-corrected chi connectivity index (χ3v) is 2.56. The van der Waals surface area contributed by atoms with Crippen molar-refractivity contribution in [3.63, 3.8) is 0 Å². The smallest absolute Gasteiger partial charge is 0.337 e. The molecule has 7 heteroatoms. The van der Waals surface area contributed by atoms with Gasteiger partial charge in [0.1, 0.15) is 0 Å². The number of amides is 2. The van der Waals surface area contributed by atoms with Gasteiger partial charge in [0.25, 0.3) is 0 Å². The van der Waals surface area contributed by atoms with E-state index in [0.29, 0.717) is 17.9 Å². The number of methoxy groups -OCH3 is 2. The van der Waals surface area contributed by atoms with Crippen LogP contribution in [0.25, 0.3) is 0 Å². The topological polar surface area (TPSA) is 93.7 Å². The number of carbonyl (C=O) groups excluding carboxylic acids is 3. The minimum atomic E-state index is -0.788. The molecule has 1 aromatic rings. The molecule has 0 spiro atoms. The Morgan fingerprint density at radius 1 is 1.10 bits per heavy atom. The highest BCUT2D eigenvalue weighted by Gasteiger charge is 2.16. The Morgan fingerprint density at radius 3 is 2.24 bits per heavy atom. The second kappa shape index (κ2) is 8.01. The fraction of sp³-hybridized carbons (Fsp3) is 0.357. The van der Waals surface area contributed by atoms with Gasteiger partial charge in [0.05, 0.1) is 19.3 Å². The van der Waals surface area contributed by atoms with Crippen LogP contribution < -0.4 is 10.6 Å². The molecule has 0 aromatic heterocycles. The highest BCUT2D eigenvalue weighted by molar-refractivity contribution is 6.39. The number of esters is 1. The summed E-state index contributed by atoms with van der Waals surface area (Å²) in [5, 5.41) is 4.92. The van der Waals surface area contributed by atoms with Crippen LogP contribution in [-0.4, -0.2) is 44.7 Å². The van der Waals surface area contributed by atoms with Gasteiger partial charge in [0, 0.05) is 18.8 Å². The Morgan fingerprint density at radius 2 is 1.71 bits per heavy atom. The van der Waals surface area contributed by atoms with Crippen LogP contribution in [0.5, 0.6) is 0 Å². The number of hydrogen-bond acceptors (Lipinski definition) is 5. The van der Waals surface area contributed by atoms with Crippen molar-refractivity contribution in [2.75, 3.05) is 26.1 Å². The maximum Gasteiger partial charge on any atom is 0.337 e. The fourth-order valence-corrected chi connectivity index (χ4v) is 1.58. The Kier molecular flexibility index (Phi) is 6.35. The van der Waals surface area contributed by atoms with E-state index in [0.717, 1.165) is 0 Å². The first-order valence-electron chi connectivity index (χ1n) is 6.27. The summed E-state index contributed by atoms with van der Waals surface area (Å²) in [4.78, 5) is 34.5. The number of ether oxygens (including phenoxy) is 2. The number of rotatable bonds is 5. The van der Waals surface area contributed by atoms with Crippen LogP contribution in [-0.2, 0) is 19.1 Å². The third-order valence-electron chi connectivity index (χ3n) is 2.56. The SMILES string of the molecule is COCC(C)NC(=O)C(=O)Nc1ccc(C(=O)OC)cc1. The molecule has 0 fully saturated rings. The van der Waals surface area contributed by atoms with Crippen LogP contribution in [0.1, 0.15) is 17.3 Å². The second-order valence-electron chi connectivity index (χ2n) is 4.35. The average Bonchev–Trinajstić information content (AvgIpc) is 2.47. The zero-order chi connectivity index (χ0) is 15.8. The number of anilines is 1. The number of nitrogens with one attached hydrogen (secondary N) is 2. The van der Waals surface area contributed by atoms with Crippen molar-refractivity contribution < 1.29 is 23.9 Å². The molecule has 0 aliphatic carbocycles. The molecule has 2 amide bonds. The van der Waals surface area contributed by atoms with E-state index in [2.05, 4.69) is 15.4 Å². The van der Waals surface area contributed by atoms with Crippen LogP contribution in [0.15, 0.2) is 24.3 Å². The lowest BCUT2D eigenvalue weighted by atomic mass is 10.2. The van der Waals surface area contributed by atoms with Gasteiger partial charge < -0.3 is 20.1 Å². The van der Waals surface area contributed by atoms with Gasteiger partial charge in [-0.25, -0.2) is 4.79 Å². The summed E-state index contributed by atoms with van der Waals surface area (Å²) < 4.78 is 9.42. The Bertz CT molecular complexity index is 513. The first-order chi connectivity index (χ1) is 9.97. The normalized spacial score (nSPS) is 11.4. The first-order valence-corrected chi connectivity index (χ1v) is 6.27. The summed E-state index contributed by atoms with van der Waals surface area (Å²) in [6.45, 7) is 2.03. The molecule has 2 N–H and O–H groups in total. The van der Waals surface area contributed by atoms with Gasteiger partial charge in [-0.3, -0.25) is 9.59 Å². The van der Waals surface area contributed by atoms with E-state index < -0.39 is 17.8 Å². The highest BCUT2D eigenvalue weighted by atomic mass is 16.5. The van der Waals surface area contributed by atoms with Gasteiger partial charge >= 0.3 is 17.8 Å². The molecule has 0 radical (unpaired) electrons. The fourth-order valence-electron chi connectivity index (χ4n) is 1.58. The third kappa shape index (κ3) is 5.23. The Labute approximate surface area is 122 Å². The van der Waals surface area contributed by atoms with Crippen molar-refractivity contribution in [1.82, 2.24) is 5.32 Å². The maximum atomic E-state index is 11.7. The van der Waals surface area contributed by atoms with Gasteiger partial charge in [-0.1, -0.05) is 0 Å². The van der Waals surface area contributed by atoms with Gasteiger partial charge in [-0.15, -0.1) is 0 Å². The summed E-state index contributed by atoms with van der Waals surface area (Å²) in [6, 6.07) is 5.74. The van der Waals surface area contributed by atoms with Gasteiger partial charge in [0.2, 0.25) is 0 Å². The summed E-state index contributed by atoms with van der Waals surface area (Å²) in [6.07, 6.45) is 0. The van der Waals surface area contributed by atoms with Crippen LogP contribution >= 0.6 is 0 Å². The molecule has 0 aliphatic rings. The highest BCUT2D eigenvalue weighted by Crippen LogP contribution is 2.10. The largest absolute Gasteiger partial charge is 0.465 e. The lowest BCUT2D eigenvalue weighted by Gasteiger charge is -2.12. The molecule has 1 rings (SSSR count). The molecular weight excluding hydrogens is 276 g/mol. The number of benzene rings is 1. The molecule has 0 saturated heterocycles. The predicted octanol–water partition coefficient (Wildman–Crippen LogP) is 0.563.